The van der Waals surface area contributed by atoms with E-state index in [1.165, 1.54) is 11.1 Å². The normalized spacial score (nSPS) is 12.9. The van der Waals surface area contributed by atoms with Crippen LogP contribution in [-0.4, -0.2) is 23.5 Å². The molecule has 2 aromatic rings. The van der Waals surface area contributed by atoms with Crippen molar-refractivity contribution in [3.8, 4) is 0 Å². The number of likely N-dealkylation sites (N-methyl/N-ethyl adjacent to an activating group) is 1. The van der Waals surface area contributed by atoms with Crippen molar-refractivity contribution in [1.29, 1.82) is 0 Å². The second-order valence-electron chi connectivity index (χ2n) is 4.56. The molecule has 0 spiro atoms. The van der Waals surface area contributed by atoms with Crippen molar-refractivity contribution in [2.75, 3.05) is 13.6 Å². The lowest BCUT2D eigenvalue weighted by Crippen LogP contribution is -2.30. The number of benzene rings is 1. The zero-order chi connectivity index (χ0) is 13.0. The van der Waals surface area contributed by atoms with Gasteiger partial charge in [-0.05, 0) is 19.5 Å². The molecule has 0 saturated carbocycles. The quantitative estimate of drug-likeness (QED) is 0.899. The smallest absolute Gasteiger partial charge is 0.0795 e. The van der Waals surface area contributed by atoms with Gasteiger partial charge in [0.15, 0.2) is 0 Å². The molecule has 1 aromatic heterocycles. The molecule has 0 saturated heterocycles. The Balaban J connectivity index is 2.10. The summed E-state index contributed by atoms with van der Waals surface area (Å²) in [5.74, 6) is 0. The van der Waals surface area contributed by atoms with Crippen LogP contribution in [0, 0.1) is 6.92 Å². The highest BCUT2D eigenvalue weighted by Gasteiger charge is 2.15. The number of nitrogens with zero attached hydrogens (tertiary/aromatic N) is 2. The van der Waals surface area contributed by atoms with Gasteiger partial charge in [0.05, 0.1) is 11.2 Å². The first-order chi connectivity index (χ1) is 8.70. The summed E-state index contributed by atoms with van der Waals surface area (Å²) in [7, 11) is 2.09. The van der Waals surface area contributed by atoms with Crippen LogP contribution in [0.1, 0.15) is 22.9 Å². The molecule has 1 atom stereocenters. The fourth-order valence-corrected chi connectivity index (χ4v) is 2.59. The fourth-order valence-electron chi connectivity index (χ4n) is 2.04. The molecule has 1 aromatic carbocycles. The van der Waals surface area contributed by atoms with E-state index in [-0.39, 0.29) is 6.04 Å². The summed E-state index contributed by atoms with van der Waals surface area (Å²) in [5.41, 5.74) is 11.4. The summed E-state index contributed by atoms with van der Waals surface area (Å²) >= 11 is 1.63. The molecule has 0 bridgehead atoms. The minimum Gasteiger partial charge on any atom is -0.329 e. The highest BCUT2D eigenvalue weighted by atomic mass is 32.1. The summed E-state index contributed by atoms with van der Waals surface area (Å²) in [6.07, 6.45) is 0. The third-order valence-corrected chi connectivity index (χ3v) is 3.75. The number of hydrogen-bond acceptors (Lipinski definition) is 4. The van der Waals surface area contributed by atoms with Crippen LogP contribution < -0.4 is 5.73 Å². The first-order valence-electron chi connectivity index (χ1n) is 6.04. The summed E-state index contributed by atoms with van der Waals surface area (Å²) in [6, 6.07) is 8.82. The third kappa shape index (κ3) is 3.16. The molecule has 18 heavy (non-hydrogen) atoms. The molecule has 0 fully saturated rings. The van der Waals surface area contributed by atoms with E-state index in [2.05, 4.69) is 53.5 Å². The number of aryl methyl sites for hydroxylation is 1. The maximum Gasteiger partial charge on any atom is 0.0795 e. The summed E-state index contributed by atoms with van der Waals surface area (Å²) in [4.78, 5) is 6.57. The van der Waals surface area contributed by atoms with Gasteiger partial charge in [-0.15, -0.1) is 11.3 Å². The van der Waals surface area contributed by atoms with Gasteiger partial charge in [-0.1, -0.05) is 29.8 Å². The van der Waals surface area contributed by atoms with E-state index in [0.717, 1.165) is 12.2 Å². The van der Waals surface area contributed by atoms with Gasteiger partial charge in [-0.3, -0.25) is 4.90 Å². The molecule has 96 valence electrons. The van der Waals surface area contributed by atoms with E-state index in [1.807, 2.05) is 5.51 Å². The van der Waals surface area contributed by atoms with Crippen molar-refractivity contribution in [2.45, 2.75) is 19.5 Å². The Bertz CT molecular complexity index is 464. The maximum atomic E-state index is 5.91. The Morgan fingerprint density at radius 1 is 1.33 bits per heavy atom. The zero-order valence-corrected chi connectivity index (χ0v) is 11.7. The molecule has 4 heteroatoms. The number of thiazole rings is 1. The van der Waals surface area contributed by atoms with Crippen LogP contribution in [0.2, 0.25) is 0 Å². The van der Waals surface area contributed by atoms with Crippen molar-refractivity contribution >= 4 is 11.3 Å². The number of hydrogen-bond donors (Lipinski definition) is 1. The lowest BCUT2D eigenvalue weighted by Gasteiger charge is -2.26. The highest BCUT2D eigenvalue weighted by Crippen LogP contribution is 2.20. The van der Waals surface area contributed by atoms with E-state index in [0.29, 0.717) is 6.54 Å². The van der Waals surface area contributed by atoms with Crippen LogP contribution in [0.3, 0.4) is 0 Å². The zero-order valence-electron chi connectivity index (χ0n) is 10.8. The molecule has 0 aliphatic carbocycles. The van der Waals surface area contributed by atoms with E-state index in [1.54, 1.807) is 11.3 Å². The van der Waals surface area contributed by atoms with Crippen LogP contribution in [0.4, 0.5) is 0 Å². The topological polar surface area (TPSA) is 42.1 Å². The number of rotatable bonds is 5. The molecular weight excluding hydrogens is 242 g/mol. The van der Waals surface area contributed by atoms with Crippen molar-refractivity contribution in [3.05, 3.63) is 52.0 Å². The Hall–Kier alpha value is -1.23. The van der Waals surface area contributed by atoms with Crippen LogP contribution in [0.5, 0.6) is 0 Å². The maximum absolute atomic E-state index is 5.91. The highest BCUT2D eigenvalue weighted by molar-refractivity contribution is 7.07. The van der Waals surface area contributed by atoms with E-state index >= 15 is 0 Å². The van der Waals surface area contributed by atoms with Crippen molar-refractivity contribution in [3.63, 3.8) is 0 Å². The Labute approximate surface area is 112 Å². The molecule has 0 aliphatic rings. The minimum atomic E-state index is 0.243. The second-order valence-corrected chi connectivity index (χ2v) is 5.28. The lowest BCUT2D eigenvalue weighted by atomic mass is 10.0. The third-order valence-electron chi connectivity index (χ3n) is 3.11. The second kappa shape index (κ2) is 6.09. The molecule has 0 amide bonds. The van der Waals surface area contributed by atoms with E-state index in [4.69, 9.17) is 5.73 Å². The van der Waals surface area contributed by atoms with Gasteiger partial charge in [0.1, 0.15) is 0 Å². The monoisotopic (exact) mass is 261 g/mol. The van der Waals surface area contributed by atoms with Gasteiger partial charge in [0.25, 0.3) is 0 Å². The van der Waals surface area contributed by atoms with Crippen LogP contribution in [0.25, 0.3) is 0 Å². The van der Waals surface area contributed by atoms with Gasteiger partial charge >= 0.3 is 0 Å². The molecule has 3 nitrogen and oxygen atoms in total. The van der Waals surface area contributed by atoms with Crippen LogP contribution >= 0.6 is 11.3 Å². The summed E-state index contributed by atoms with van der Waals surface area (Å²) < 4.78 is 0. The Morgan fingerprint density at radius 3 is 2.61 bits per heavy atom. The molecule has 1 unspecified atom stereocenters. The van der Waals surface area contributed by atoms with Gasteiger partial charge in [-0.2, -0.15) is 0 Å². The predicted molar refractivity (Wildman–Crippen MR) is 76.6 cm³/mol. The standard InChI is InChI=1S/C14H19N3S/c1-11-3-5-12(6-4-11)14(7-15)17(2)8-13-9-18-10-16-13/h3-6,9-10,14H,7-8,15H2,1-2H3. The molecule has 0 aliphatic heterocycles. The first-order valence-corrected chi connectivity index (χ1v) is 6.99. The van der Waals surface area contributed by atoms with Crippen LogP contribution in [-0.2, 0) is 6.54 Å². The fraction of sp³-hybridized carbons (Fsp3) is 0.357. The molecule has 0 radical (unpaired) electrons. The average molecular weight is 261 g/mol. The average Bonchev–Trinajstić information content (AvgIpc) is 2.85. The Kier molecular flexibility index (Phi) is 4.47. The number of nitrogens with two attached hydrogens (primary N) is 1. The lowest BCUT2D eigenvalue weighted by molar-refractivity contribution is 0.239. The van der Waals surface area contributed by atoms with Crippen molar-refractivity contribution < 1.29 is 0 Å². The van der Waals surface area contributed by atoms with E-state index < -0.39 is 0 Å². The summed E-state index contributed by atoms with van der Waals surface area (Å²) in [5, 5.41) is 2.08. The predicted octanol–water partition coefficient (Wildman–Crippen LogP) is 2.58. The van der Waals surface area contributed by atoms with Crippen LogP contribution in [0.15, 0.2) is 35.2 Å². The molecule has 2 N–H and O–H groups in total. The van der Waals surface area contributed by atoms with E-state index in [9.17, 15) is 0 Å². The Morgan fingerprint density at radius 2 is 2.06 bits per heavy atom. The number of aromatic nitrogens is 1. The SMILES string of the molecule is Cc1ccc(C(CN)N(C)Cc2cscn2)cc1. The molecule has 2 rings (SSSR count). The first kappa shape index (κ1) is 13.2. The minimum absolute atomic E-state index is 0.243. The van der Waals surface area contributed by atoms with Gasteiger partial charge in [-0.25, -0.2) is 4.98 Å². The van der Waals surface area contributed by atoms with Gasteiger partial charge in [0, 0.05) is 24.5 Å². The van der Waals surface area contributed by atoms with Gasteiger partial charge < -0.3 is 5.73 Å². The van der Waals surface area contributed by atoms with Crippen molar-refractivity contribution in [1.82, 2.24) is 9.88 Å². The molecule has 1 heterocycles. The summed E-state index contributed by atoms with van der Waals surface area (Å²) in [6.45, 7) is 3.54. The van der Waals surface area contributed by atoms with Gasteiger partial charge in [0.2, 0.25) is 0 Å². The molecular formula is C14H19N3S. The largest absolute Gasteiger partial charge is 0.329 e. The van der Waals surface area contributed by atoms with Crippen molar-refractivity contribution in [2.24, 2.45) is 5.73 Å².